The van der Waals surface area contributed by atoms with Gasteiger partial charge in [-0.15, -0.1) is 23.2 Å². The Morgan fingerprint density at radius 3 is 1.46 bits per heavy atom. The lowest BCUT2D eigenvalue weighted by atomic mass is 9.64. The van der Waals surface area contributed by atoms with Crippen LogP contribution in [0.5, 0.6) is 0 Å². The Morgan fingerprint density at radius 2 is 1.17 bits per heavy atom. The number of carboxylic acid groups (broad SMARTS) is 2. The summed E-state index contributed by atoms with van der Waals surface area (Å²) in [6.45, 7) is 0. The number of halogens is 6. The maximum Gasteiger partial charge on any atom is 0.307 e. The summed E-state index contributed by atoms with van der Waals surface area (Å²) in [4.78, 5) is 20.4. The highest BCUT2D eigenvalue weighted by molar-refractivity contribution is 6.65. The highest BCUT2D eigenvalue weighted by Gasteiger charge is 2.88. The molecule has 8 atom stereocenters. The quantitative estimate of drug-likeness (QED) is 0.486. The molecule has 0 aliphatic heterocycles. The van der Waals surface area contributed by atoms with Crippen LogP contribution >= 0.6 is 69.6 Å². The number of fused-ring (bicyclic) bond motifs is 9. The van der Waals surface area contributed by atoms with Gasteiger partial charge in [0, 0.05) is 0 Å². The number of hydrogen-bond acceptors (Lipinski definition) is 2. The summed E-state index contributed by atoms with van der Waals surface area (Å²) in [5.74, 6) is -6.71. The number of allylic oxidation sites excluding steroid dienone is 2. The zero-order valence-electron chi connectivity index (χ0n) is 11.6. The van der Waals surface area contributed by atoms with Crippen molar-refractivity contribution in [2.75, 3.05) is 0 Å². The summed E-state index contributed by atoms with van der Waals surface area (Å²) in [7, 11) is 0. The van der Waals surface area contributed by atoms with Crippen LogP contribution in [0.1, 0.15) is 6.42 Å². The Hall–Kier alpha value is 0.420. The van der Waals surface area contributed by atoms with Gasteiger partial charge in [0.1, 0.15) is 9.75 Å². The van der Waals surface area contributed by atoms with Crippen LogP contribution in [-0.4, -0.2) is 36.2 Å². The van der Waals surface area contributed by atoms with E-state index in [1.54, 1.807) is 0 Å². The smallest absolute Gasteiger partial charge is 0.307 e. The van der Waals surface area contributed by atoms with Crippen molar-refractivity contribution in [1.29, 1.82) is 0 Å². The van der Waals surface area contributed by atoms with Crippen molar-refractivity contribution in [2.45, 2.75) is 20.5 Å². The molecule has 0 radical (unpaired) electrons. The van der Waals surface area contributed by atoms with E-state index in [-0.39, 0.29) is 10.1 Å². The normalized spacial score (nSPS) is 53.6. The maximum absolute atomic E-state index is 11.7. The van der Waals surface area contributed by atoms with Crippen molar-refractivity contribution in [3.63, 3.8) is 0 Å². The first-order valence-electron chi connectivity index (χ1n) is 7.21. The molecule has 2 N–H and O–H groups in total. The van der Waals surface area contributed by atoms with Crippen molar-refractivity contribution in [1.82, 2.24) is 0 Å². The zero-order chi connectivity index (χ0) is 18.0. The highest BCUT2D eigenvalue weighted by Crippen LogP contribution is 2.83. The standard InChI is InChI=1S/C14H10Cl6O4/c15-8-9(16)13(18)7-3-1-2(4(10(21)22)5(3)11(23)24)6(7)12(8,17)14(13,19)20/h2-7H,1H2,(H,21,22)(H,23,24)/t2-,3+,4-,5+,6-,7-,12+,13+/m1/s1. The average molecular weight is 455 g/mol. The molecule has 0 aromatic carbocycles. The fraction of sp³-hybridized carbons (Fsp3) is 0.714. The molecule has 3 saturated carbocycles. The molecular weight excluding hydrogens is 445 g/mol. The third kappa shape index (κ3) is 1.51. The van der Waals surface area contributed by atoms with Gasteiger partial charge in [0.2, 0.25) is 0 Å². The number of rotatable bonds is 2. The van der Waals surface area contributed by atoms with Crippen LogP contribution in [0.4, 0.5) is 0 Å². The van der Waals surface area contributed by atoms with E-state index in [0.717, 1.165) is 0 Å². The van der Waals surface area contributed by atoms with E-state index >= 15 is 0 Å². The monoisotopic (exact) mass is 452 g/mol. The summed E-state index contributed by atoms with van der Waals surface area (Å²) in [5, 5.41) is 19.2. The Morgan fingerprint density at radius 1 is 0.833 bits per heavy atom. The minimum absolute atomic E-state index is 0.0237. The van der Waals surface area contributed by atoms with Crippen molar-refractivity contribution >= 4 is 81.5 Å². The topological polar surface area (TPSA) is 74.6 Å². The van der Waals surface area contributed by atoms with Gasteiger partial charge in [-0.25, -0.2) is 0 Å². The molecule has 0 spiro atoms. The van der Waals surface area contributed by atoms with Crippen LogP contribution in [-0.2, 0) is 9.59 Å². The largest absolute Gasteiger partial charge is 0.481 e. The van der Waals surface area contributed by atoms with Gasteiger partial charge in [0.15, 0.2) is 4.33 Å². The second-order valence-electron chi connectivity index (χ2n) is 6.97. The summed E-state index contributed by atoms with van der Waals surface area (Å²) in [6.07, 6.45) is 0.365. The molecule has 0 amide bonds. The first-order chi connectivity index (χ1) is 10.9. The minimum atomic E-state index is -1.76. The summed E-state index contributed by atoms with van der Waals surface area (Å²) in [6, 6.07) is 0. The van der Waals surface area contributed by atoms with Crippen LogP contribution in [0.15, 0.2) is 10.1 Å². The highest BCUT2D eigenvalue weighted by atomic mass is 35.5. The number of carbonyl (C=O) groups is 2. The van der Waals surface area contributed by atoms with Crippen molar-refractivity contribution < 1.29 is 19.8 Å². The van der Waals surface area contributed by atoms with Gasteiger partial charge in [-0.3, -0.25) is 9.59 Å². The van der Waals surface area contributed by atoms with E-state index < -0.39 is 61.5 Å². The number of hydrogen-bond donors (Lipinski definition) is 2. The molecule has 4 nitrogen and oxygen atoms in total. The molecule has 24 heavy (non-hydrogen) atoms. The molecule has 0 saturated heterocycles. The van der Waals surface area contributed by atoms with Crippen LogP contribution in [0.2, 0.25) is 0 Å². The van der Waals surface area contributed by atoms with Gasteiger partial charge in [0.05, 0.1) is 21.9 Å². The van der Waals surface area contributed by atoms with Gasteiger partial charge in [0.25, 0.3) is 0 Å². The Bertz CT molecular complexity index is 666. The van der Waals surface area contributed by atoms with E-state index in [1.165, 1.54) is 0 Å². The van der Waals surface area contributed by atoms with Gasteiger partial charge in [-0.2, -0.15) is 0 Å². The SMILES string of the molecule is O=C(O)[C@@H]1[C@H]2C[C@@H]([C@@H]1C(=O)O)[C@@H]1[C@@H]2[C@]2(Cl)C(Cl)=C(Cl)[C@]1(Cl)C2(Cl)Cl. The summed E-state index contributed by atoms with van der Waals surface area (Å²) in [5.41, 5.74) is 0. The zero-order valence-corrected chi connectivity index (χ0v) is 16.2. The number of alkyl halides is 4. The molecular formula is C14H10Cl6O4. The second kappa shape index (κ2) is 4.82. The van der Waals surface area contributed by atoms with Crippen molar-refractivity contribution in [2.24, 2.45) is 35.5 Å². The second-order valence-corrected chi connectivity index (χ2v) is 10.2. The van der Waals surface area contributed by atoms with Crippen molar-refractivity contribution in [3.05, 3.63) is 10.1 Å². The van der Waals surface area contributed by atoms with Crippen LogP contribution in [0, 0.1) is 35.5 Å². The molecule has 4 rings (SSSR count). The predicted octanol–water partition coefficient (Wildman–Crippen LogP) is 4.12. The van der Waals surface area contributed by atoms with Gasteiger partial charge in [-0.1, -0.05) is 46.4 Å². The van der Waals surface area contributed by atoms with Gasteiger partial charge >= 0.3 is 11.9 Å². The predicted molar refractivity (Wildman–Crippen MR) is 91.2 cm³/mol. The molecule has 0 aromatic rings. The molecule has 0 aromatic heterocycles. The lowest BCUT2D eigenvalue weighted by Crippen LogP contribution is -2.49. The fourth-order valence-electron chi connectivity index (χ4n) is 5.74. The third-order valence-corrected chi connectivity index (χ3v) is 10.7. The lowest BCUT2D eigenvalue weighted by Gasteiger charge is -2.43. The van der Waals surface area contributed by atoms with Gasteiger partial charge in [-0.05, 0) is 30.1 Å². The molecule has 10 heteroatoms. The molecule has 4 aliphatic rings. The van der Waals surface area contributed by atoms with Crippen LogP contribution in [0.25, 0.3) is 0 Å². The molecule has 3 fully saturated rings. The first kappa shape index (κ1) is 17.8. The number of carboxylic acids is 2. The van der Waals surface area contributed by atoms with Gasteiger partial charge < -0.3 is 10.2 Å². The van der Waals surface area contributed by atoms with E-state index in [9.17, 15) is 19.8 Å². The van der Waals surface area contributed by atoms with Crippen molar-refractivity contribution in [3.8, 4) is 0 Å². The number of aliphatic carboxylic acids is 2. The van der Waals surface area contributed by atoms with E-state index in [2.05, 4.69) is 0 Å². The Kier molecular flexibility index (Phi) is 3.58. The molecule has 4 aliphatic carbocycles. The Balaban J connectivity index is 1.94. The third-order valence-electron chi connectivity index (χ3n) is 6.40. The van der Waals surface area contributed by atoms with E-state index in [0.29, 0.717) is 6.42 Å². The Labute approximate surface area is 167 Å². The van der Waals surface area contributed by atoms with E-state index in [4.69, 9.17) is 69.6 Å². The van der Waals surface area contributed by atoms with Crippen LogP contribution < -0.4 is 0 Å². The molecule has 0 unspecified atom stereocenters. The fourth-order valence-corrected chi connectivity index (χ4v) is 8.88. The van der Waals surface area contributed by atoms with E-state index in [1.807, 2.05) is 0 Å². The minimum Gasteiger partial charge on any atom is -0.481 e. The lowest BCUT2D eigenvalue weighted by molar-refractivity contribution is -0.158. The first-order valence-corrected chi connectivity index (χ1v) is 9.48. The maximum atomic E-state index is 11.7. The average Bonchev–Trinajstić information content (AvgIpc) is 3.11. The summed E-state index contributed by atoms with van der Waals surface area (Å²) < 4.78 is -1.76. The summed E-state index contributed by atoms with van der Waals surface area (Å²) >= 11 is 39.1. The molecule has 0 heterocycles. The molecule has 4 bridgehead atoms. The van der Waals surface area contributed by atoms with Crippen LogP contribution in [0.3, 0.4) is 0 Å². The molecule has 132 valence electrons.